The van der Waals surface area contributed by atoms with Gasteiger partial charge >= 0.3 is 0 Å². The van der Waals surface area contributed by atoms with E-state index in [-0.39, 0.29) is 0 Å². The van der Waals surface area contributed by atoms with Crippen molar-refractivity contribution in [3.63, 3.8) is 0 Å². The van der Waals surface area contributed by atoms with Crippen LogP contribution < -0.4 is 5.32 Å². The Balaban J connectivity index is 0.000000196. The molecule has 2 aliphatic rings. The molecule has 1 amide bonds. The number of carbonyl (C=O) groups is 1. The molecular formula is C19H22N2O. The second kappa shape index (κ2) is 6.30. The van der Waals surface area contributed by atoms with E-state index in [0.717, 1.165) is 27.9 Å². The van der Waals surface area contributed by atoms with Gasteiger partial charge in [-0.2, -0.15) is 0 Å². The van der Waals surface area contributed by atoms with Gasteiger partial charge in [-0.25, -0.2) is 0 Å². The molecule has 0 aliphatic heterocycles. The minimum Gasteiger partial charge on any atom is -0.329 e. The topological polar surface area (TPSA) is 42.0 Å². The number of carbonyl (C=O) groups excluding carboxylic acids is 1. The van der Waals surface area contributed by atoms with Crippen LogP contribution in [-0.2, 0) is 4.79 Å². The van der Waals surface area contributed by atoms with Crippen LogP contribution in [0, 0.1) is 12.3 Å². The van der Waals surface area contributed by atoms with Gasteiger partial charge in [-0.05, 0) is 67.9 Å². The Kier molecular flexibility index (Phi) is 4.23. The third-order valence-electron chi connectivity index (χ3n) is 4.78. The molecular weight excluding hydrogens is 272 g/mol. The zero-order chi connectivity index (χ0) is 15.4. The minimum atomic E-state index is 0.673. The molecule has 114 valence electrons. The summed E-state index contributed by atoms with van der Waals surface area (Å²) >= 11 is 0. The first-order valence-corrected chi connectivity index (χ1v) is 7.95. The van der Waals surface area contributed by atoms with Gasteiger partial charge in [0.05, 0.1) is 5.69 Å². The normalized spacial score (nSPS) is 17.0. The molecule has 0 atom stereocenters. The first kappa shape index (κ1) is 14.8. The Hall–Kier alpha value is -2.16. The van der Waals surface area contributed by atoms with Crippen LogP contribution in [0.4, 0.5) is 5.69 Å². The molecule has 1 spiro atoms. The molecule has 1 N–H and O–H groups in total. The van der Waals surface area contributed by atoms with Crippen LogP contribution in [0.2, 0.25) is 0 Å². The summed E-state index contributed by atoms with van der Waals surface area (Å²) in [5.41, 5.74) is 4.83. The molecule has 2 aromatic rings. The van der Waals surface area contributed by atoms with Crippen molar-refractivity contribution in [1.29, 1.82) is 0 Å². The number of rotatable bonds is 3. The number of aromatic nitrogens is 1. The Labute approximate surface area is 131 Å². The number of hydrogen-bond donors (Lipinski definition) is 1. The Bertz CT molecular complexity index is 642. The maximum absolute atomic E-state index is 10.4. The Morgan fingerprint density at radius 1 is 1.14 bits per heavy atom. The lowest BCUT2D eigenvalue weighted by Gasteiger charge is -2.23. The number of nitrogens with one attached hydrogen (secondary N) is 1. The van der Waals surface area contributed by atoms with Crippen molar-refractivity contribution >= 4 is 12.1 Å². The number of anilines is 1. The summed E-state index contributed by atoms with van der Waals surface area (Å²) in [5, 5.41) is 2.64. The molecule has 1 heterocycles. The molecule has 4 rings (SSSR count). The van der Waals surface area contributed by atoms with Gasteiger partial charge in [0.15, 0.2) is 0 Å². The van der Waals surface area contributed by atoms with Crippen molar-refractivity contribution in [2.75, 3.05) is 5.32 Å². The van der Waals surface area contributed by atoms with E-state index in [9.17, 15) is 4.79 Å². The van der Waals surface area contributed by atoms with Crippen molar-refractivity contribution in [1.82, 2.24) is 4.98 Å². The van der Waals surface area contributed by atoms with Gasteiger partial charge in [-0.15, -0.1) is 0 Å². The molecule has 0 unspecified atom stereocenters. The van der Waals surface area contributed by atoms with Crippen molar-refractivity contribution in [2.45, 2.75) is 39.0 Å². The van der Waals surface area contributed by atoms with E-state index in [0.29, 0.717) is 6.41 Å². The standard InChI is InChI=1S/C13H12N2O.C6H10/c1-10-5-6-11(15-9-16)8-12(10)13-4-2-3-7-14-13;1-2-6(3-1)4-5-6/h2-9H,1H3,(H,15,16);1-5H2. The highest BCUT2D eigenvalue weighted by Gasteiger charge is 2.46. The van der Waals surface area contributed by atoms with Gasteiger partial charge in [-0.3, -0.25) is 9.78 Å². The zero-order valence-electron chi connectivity index (χ0n) is 13.0. The van der Waals surface area contributed by atoms with Crippen molar-refractivity contribution in [2.24, 2.45) is 5.41 Å². The summed E-state index contributed by atoms with van der Waals surface area (Å²) in [4.78, 5) is 14.7. The first-order chi connectivity index (χ1) is 10.7. The number of nitrogens with zero attached hydrogens (tertiary/aromatic N) is 1. The fraction of sp³-hybridized carbons (Fsp3) is 0.368. The fourth-order valence-electron chi connectivity index (χ4n) is 2.93. The summed E-state index contributed by atoms with van der Waals surface area (Å²) < 4.78 is 0. The number of pyridine rings is 1. The van der Waals surface area contributed by atoms with Gasteiger partial charge in [-0.1, -0.05) is 18.6 Å². The molecule has 1 aromatic carbocycles. The largest absolute Gasteiger partial charge is 0.329 e. The van der Waals surface area contributed by atoms with E-state index in [2.05, 4.69) is 10.3 Å². The number of amides is 1. The van der Waals surface area contributed by atoms with Crippen LogP contribution in [0.15, 0.2) is 42.6 Å². The first-order valence-electron chi connectivity index (χ1n) is 7.95. The van der Waals surface area contributed by atoms with E-state index in [4.69, 9.17) is 0 Å². The smallest absolute Gasteiger partial charge is 0.211 e. The summed E-state index contributed by atoms with van der Waals surface area (Å²) in [6.45, 7) is 2.02. The van der Waals surface area contributed by atoms with Crippen LogP contribution in [0.1, 0.15) is 37.7 Å². The average Bonchev–Trinajstić information content (AvgIpc) is 3.32. The van der Waals surface area contributed by atoms with E-state index in [1.54, 1.807) is 31.9 Å². The van der Waals surface area contributed by atoms with Crippen LogP contribution in [0.25, 0.3) is 11.3 Å². The highest BCUT2D eigenvalue weighted by molar-refractivity contribution is 5.76. The quantitative estimate of drug-likeness (QED) is 0.842. The molecule has 2 fully saturated rings. The molecule has 0 bridgehead atoms. The van der Waals surface area contributed by atoms with E-state index < -0.39 is 0 Å². The maximum atomic E-state index is 10.4. The number of hydrogen-bond acceptors (Lipinski definition) is 2. The minimum absolute atomic E-state index is 0.673. The third kappa shape index (κ3) is 3.35. The van der Waals surface area contributed by atoms with Crippen molar-refractivity contribution < 1.29 is 4.79 Å². The predicted molar refractivity (Wildman–Crippen MR) is 89.6 cm³/mol. The zero-order valence-corrected chi connectivity index (χ0v) is 13.0. The van der Waals surface area contributed by atoms with Crippen LogP contribution in [0.5, 0.6) is 0 Å². The Morgan fingerprint density at radius 3 is 2.45 bits per heavy atom. The van der Waals surface area contributed by atoms with Gasteiger partial charge in [0.25, 0.3) is 0 Å². The van der Waals surface area contributed by atoms with Crippen LogP contribution >= 0.6 is 0 Å². The molecule has 2 aliphatic carbocycles. The van der Waals surface area contributed by atoms with E-state index in [1.807, 2.05) is 43.3 Å². The van der Waals surface area contributed by atoms with Crippen molar-refractivity contribution in [3.8, 4) is 11.3 Å². The summed E-state index contributed by atoms with van der Waals surface area (Å²) in [7, 11) is 0. The molecule has 3 nitrogen and oxygen atoms in total. The van der Waals surface area contributed by atoms with E-state index >= 15 is 0 Å². The Morgan fingerprint density at radius 2 is 1.95 bits per heavy atom. The van der Waals surface area contributed by atoms with Crippen LogP contribution in [-0.4, -0.2) is 11.4 Å². The lowest BCUT2D eigenvalue weighted by molar-refractivity contribution is -0.105. The van der Waals surface area contributed by atoms with Gasteiger partial charge < -0.3 is 5.32 Å². The lowest BCUT2D eigenvalue weighted by Crippen LogP contribution is -2.10. The monoisotopic (exact) mass is 294 g/mol. The highest BCUT2D eigenvalue weighted by atomic mass is 16.1. The fourth-order valence-corrected chi connectivity index (χ4v) is 2.93. The lowest BCUT2D eigenvalue weighted by atomic mass is 9.82. The second-order valence-corrected chi connectivity index (χ2v) is 6.36. The van der Waals surface area contributed by atoms with Crippen molar-refractivity contribution in [3.05, 3.63) is 48.2 Å². The molecule has 0 radical (unpaired) electrons. The average molecular weight is 294 g/mol. The highest BCUT2D eigenvalue weighted by Crippen LogP contribution is 2.60. The summed E-state index contributed by atoms with van der Waals surface area (Å²) in [6, 6.07) is 11.5. The summed E-state index contributed by atoms with van der Waals surface area (Å²) in [5.74, 6) is 0. The SMILES string of the molecule is C1CC2(C1)CC2.Cc1ccc(NC=O)cc1-c1ccccn1. The van der Waals surface area contributed by atoms with Gasteiger partial charge in [0.2, 0.25) is 6.41 Å². The summed E-state index contributed by atoms with van der Waals surface area (Å²) in [6.07, 6.45) is 10.2. The van der Waals surface area contributed by atoms with Gasteiger partial charge in [0, 0.05) is 17.4 Å². The molecule has 22 heavy (non-hydrogen) atoms. The number of aryl methyl sites for hydroxylation is 1. The van der Waals surface area contributed by atoms with Crippen LogP contribution in [0.3, 0.4) is 0 Å². The number of benzene rings is 1. The molecule has 2 saturated carbocycles. The second-order valence-electron chi connectivity index (χ2n) is 6.36. The molecule has 3 heteroatoms. The molecule has 0 saturated heterocycles. The third-order valence-corrected chi connectivity index (χ3v) is 4.78. The molecule has 1 aromatic heterocycles. The van der Waals surface area contributed by atoms with Gasteiger partial charge in [0.1, 0.15) is 0 Å². The maximum Gasteiger partial charge on any atom is 0.211 e. The predicted octanol–water partition coefficient (Wildman–Crippen LogP) is 4.58. The van der Waals surface area contributed by atoms with E-state index in [1.165, 1.54) is 6.42 Å².